The predicted octanol–water partition coefficient (Wildman–Crippen LogP) is 3.31. The molecule has 0 saturated carbocycles. The van der Waals surface area contributed by atoms with Crippen LogP contribution < -0.4 is 18.9 Å². The highest BCUT2D eigenvalue weighted by atomic mass is 32.2. The third-order valence-corrected chi connectivity index (χ3v) is 5.53. The van der Waals surface area contributed by atoms with Gasteiger partial charge in [-0.1, -0.05) is 24.3 Å². The summed E-state index contributed by atoms with van der Waals surface area (Å²) in [6.45, 7) is 0. The first-order valence-electron chi connectivity index (χ1n) is 8.64. The molecule has 7 nitrogen and oxygen atoms in total. The van der Waals surface area contributed by atoms with Crippen molar-refractivity contribution in [1.29, 1.82) is 0 Å². The number of ether oxygens (including phenoxy) is 2. The minimum absolute atomic E-state index is 0.0993. The number of nitrogens with zero attached hydrogens (tertiary/aromatic N) is 1. The number of sulfonamides is 1. The standard InChI is InChI=1S/C21H20N2O5S/c1-27-18-8-10-19(11-9-18)29(25,26)22-21-17(4-3-5-20(21)28-2)7-6-16-12-14-23(24)15-13-16/h3-15,22H,1-2H3/b7-6+. The Labute approximate surface area is 169 Å². The fourth-order valence-electron chi connectivity index (χ4n) is 2.64. The summed E-state index contributed by atoms with van der Waals surface area (Å²) in [5.41, 5.74) is 1.72. The highest BCUT2D eigenvalue weighted by molar-refractivity contribution is 7.92. The average Bonchev–Trinajstić information content (AvgIpc) is 2.74. The molecule has 0 atom stereocenters. The second-order valence-electron chi connectivity index (χ2n) is 6.03. The van der Waals surface area contributed by atoms with Gasteiger partial charge >= 0.3 is 0 Å². The highest BCUT2D eigenvalue weighted by Gasteiger charge is 2.18. The fraction of sp³-hybridized carbons (Fsp3) is 0.0952. The van der Waals surface area contributed by atoms with Crippen LogP contribution in [0.2, 0.25) is 0 Å². The molecule has 1 heterocycles. The number of anilines is 1. The molecular formula is C21H20N2O5S. The van der Waals surface area contributed by atoms with Gasteiger partial charge in [0.2, 0.25) is 0 Å². The van der Waals surface area contributed by atoms with E-state index >= 15 is 0 Å². The maximum absolute atomic E-state index is 12.9. The summed E-state index contributed by atoms with van der Waals surface area (Å²) in [6.07, 6.45) is 6.30. The van der Waals surface area contributed by atoms with Crippen LogP contribution in [-0.4, -0.2) is 22.6 Å². The van der Waals surface area contributed by atoms with E-state index < -0.39 is 10.0 Å². The smallest absolute Gasteiger partial charge is 0.262 e. The molecule has 3 aromatic rings. The number of hydrogen-bond acceptors (Lipinski definition) is 5. The molecule has 0 saturated heterocycles. The van der Waals surface area contributed by atoms with Crippen LogP contribution in [0.5, 0.6) is 11.5 Å². The van der Waals surface area contributed by atoms with Crippen molar-refractivity contribution >= 4 is 27.9 Å². The Morgan fingerprint density at radius 1 is 0.931 bits per heavy atom. The van der Waals surface area contributed by atoms with E-state index in [0.29, 0.717) is 27.5 Å². The minimum atomic E-state index is -3.85. The number of para-hydroxylation sites is 1. The quantitative estimate of drug-likeness (QED) is 0.475. The van der Waals surface area contributed by atoms with Crippen LogP contribution in [0.1, 0.15) is 11.1 Å². The zero-order valence-corrected chi connectivity index (χ0v) is 16.7. The Balaban J connectivity index is 1.95. The number of hydrogen-bond donors (Lipinski definition) is 1. The van der Waals surface area contributed by atoms with E-state index in [1.54, 1.807) is 54.6 Å². The molecule has 0 aliphatic carbocycles. The molecule has 0 bridgehead atoms. The first kappa shape index (κ1) is 20.2. The Morgan fingerprint density at radius 2 is 1.62 bits per heavy atom. The number of nitrogens with one attached hydrogen (secondary N) is 1. The molecule has 150 valence electrons. The Hall–Kier alpha value is -3.52. The summed E-state index contributed by atoms with van der Waals surface area (Å²) in [7, 11) is -0.863. The van der Waals surface area contributed by atoms with Crippen LogP contribution in [0, 0.1) is 5.21 Å². The van der Waals surface area contributed by atoms with Gasteiger partial charge in [0.15, 0.2) is 12.4 Å². The van der Waals surface area contributed by atoms with Crippen LogP contribution in [0.4, 0.5) is 5.69 Å². The van der Waals surface area contributed by atoms with Crippen LogP contribution in [-0.2, 0) is 10.0 Å². The minimum Gasteiger partial charge on any atom is -0.619 e. The third kappa shape index (κ3) is 4.85. The monoisotopic (exact) mass is 412 g/mol. The summed E-state index contributed by atoms with van der Waals surface area (Å²) >= 11 is 0. The van der Waals surface area contributed by atoms with Crippen molar-refractivity contribution in [3.8, 4) is 11.5 Å². The molecule has 1 N–H and O–H groups in total. The van der Waals surface area contributed by atoms with E-state index in [1.807, 2.05) is 0 Å². The van der Waals surface area contributed by atoms with Gasteiger partial charge in [-0.05, 0) is 35.9 Å². The topological polar surface area (TPSA) is 91.6 Å². The molecule has 0 radical (unpaired) electrons. The average molecular weight is 412 g/mol. The SMILES string of the molecule is COc1ccc(S(=O)(=O)Nc2c(/C=C/c3cc[n+]([O-])cc3)cccc2OC)cc1. The van der Waals surface area contributed by atoms with Crippen molar-refractivity contribution < 1.29 is 22.6 Å². The number of rotatable bonds is 7. The Kier molecular flexibility index (Phi) is 6.04. The van der Waals surface area contributed by atoms with E-state index in [1.165, 1.54) is 38.7 Å². The summed E-state index contributed by atoms with van der Waals surface area (Å²) in [6, 6.07) is 14.6. The summed E-state index contributed by atoms with van der Waals surface area (Å²) in [4.78, 5) is 0.0993. The maximum atomic E-state index is 12.9. The molecule has 0 unspecified atom stereocenters. The molecule has 3 rings (SSSR count). The maximum Gasteiger partial charge on any atom is 0.262 e. The van der Waals surface area contributed by atoms with Gasteiger partial charge in [-0.2, -0.15) is 4.73 Å². The van der Waals surface area contributed by atoms with Crippen LogP contribution in [0.25, 0.3) is 12.2 Å². The van der Waals surface area contributed by atoms with Gasteiger partial charge in [0, 0.05) is 17.7 Å². The lowest BCUT2D eigenvalue weighted by Crippen LogP contribution is -2.23. The van der Waals surface area contributed by atoms with E-state index in [-0.39, 0.29) is 4.90 Å². The van der Waals surface area contributed by atoms with Gasteiger partial charge in [0.05, 0.1) is 24.8 Å². The van der Waals surface area contributed by atoms with Crippen LogP contribution >= 0.6 is 0 Å². The molecule has 29 heavy (non-hydrogen) atoms. The van der Waals surface area contributed by atoms with Crippen molar-refractivity contribution in [2.24, 2.45) is 0 Å². The number of benzene rings is 2. The van der Waals surface area contributed by atoms with Gasteiger partial charge in [0.1, 0.15) is 11.5 Å². The second kappa shape index (κ2) is 8.66. The zero-order valence-electron chi connectivity index (χ0n) is 15.9. The van der Waals surface area contributed by atoms with Gasteiger partial charge in [-0.25, -0.2) is 8.42 Å². The normalized spacial score (nSPS) is 11.4. The van der Waals surface area contributed by atoms with E-state index in [4.69, 9.17) is 9.47 Å². The van der Waals surface area contributed by atoms with Crippen molar-refractivity contribution in [2.45, 2.75) is 4.90 Å². The van der Waals surface area contributed by atoms with Crippen LogP contribution in [0.15, 0.2) is 71.9 Å². The molecule has 0 spiro atoms. The van der Waals surface area contributed by atoms with Crippen molar-refractivity contribution in [1.82, 2.24) is 0 Å². The summed E-state index contributed by atoms with van der Waals surface area (Å²) in [5, 5.41) is 11.2. The van der Waals surface area contributed by atoms with Gasteiger partial charge in [0.25, 0.3) is 10.0 Å². The Bertz CT molecular complexity index is 1110. The fourth-order valence-corrected chi connectivity index (χ4v) is 3.74. The van der Waals surface area contributed by atoms with Crippen LogP contribution in [0.3, 0.4) is 0 Å². The Morgan fingerprint density at radius 3 is 2.24 bits per heavy atom. The lowest BCUT2D eigenvalue weighted by Gasteiger charge is -2.15. The largest absolute Gasteiger partial charge is 0.619 e. The second-order valence-corrected chi connectivity index (χ2v) is 7.71. The molecule has 0 aliphatic heterocycles. The zero-order chi connectivity index (χ0) is 20.9. The first-order chi connectivity index (χ1) is 13.9. The van der Waals surface area contributed by atoms with Crippen molar-refractivity contribution in [2.75, 3.05) is 18.9 Å². The lowest BCUT2D eigenvalue weighted by molar-refractivity contribution is -0.605. The predicted molar refractivity (Wildman–Crippen MR) is 111 cm³/mol. The van der Waals surface area contributed by atoms with Gasteiger partial charge in [-0.3, -0.25) is 4.72 Å². The number of aromatic nitrogens is 1. The van der Waals surface area contributed by atoms with Crippen molar-refractivity contribution in [3.63, 3.8) is 0 Å². The molecule has 2 aromatic carbocycles. The molecule has 0 amide bonds. The lowest BCUT2D eigenvalue weighted by atomic mass is 10.1. The summed E-state index contributed by atoms with van der Waals surface area (Å²) < 4.78 is 39.4. The molecular weight excluding hydrogens is 392 g/mol. The van der Waals surface area contributed by atoms with Gasteiger partial charge < -0.3 is 14.7 Å². The van der Waals surface area contributed by atoms with Crippen molar-refractivity contribution in [3.05, 3.63) is 83.3 Å². The number of pyridine rings is 1. The molecule has 8 heteroatoms. The number of methoxy groups -OCH3 is 2. The first-order valence-corrected chi connectivity index (χ1v) is 10.1. The summed E-state index contributed by atoms with van der Waals surface area (Å²) in [5.74, 6) is 0.946. The molecule has 0 aliphatic rings. The van der Waals surface area contributed by atoms with E-state index in [9.17, 15) is 13.6 Å². The molecule has 1 aromatic heterocycles. The van der Waals surface area contributed by atoms with E-state index in [2.05, 4.69) is 4.72 Å². The van der Waals surface area contributed by atoms with E-state index in [0.717, 1.165) is 5.56 Å². The third-order valence-electron chi connectivity index (χ3n) is 4.17. The highest BCUT2D eigenvalue weighted by Crippen LogP contribution is 2.32. The van der Waals surface area contributed by atoms with Gasteiger partial charge in [-0.15, -0.1) is 0 Å². The molecule has 0 fully saturated rings.